The number of aliphatic imine (C=N–C) groups is 1. The maximum absolute atomic E-state index is 13.7. The molecule has 0 aromatic heterocycles. The predicted octanol–water partition coefficient (Wildman–Crippen LogP) is 2.22. The van der Waals surface area contributed by atoms with Crippen molar-refractivity contribution >= 4 is 5.96 Å². The number of hydrogen-bond donors (Lipinski definition) is 2. The van der Waals surface area contributed by atoms with Crippen LogP contribution in [0.1, 0.15) is 30.4 Å². The lowest BCUT2D eigenvalue weighted by Crippen LogP contribution is -2.39. The summed E-state index contributed by atoms with van der Waals surface area (Å²) in [6.07, 6.45) is 4.23. The molecule has 1 heterocycles. The average Bonchev–Trinajstić information content (AvgIpc) is 3.47. The SMILES string of the molecule is CN=C(NCCCOCC1CC1)NCCc1cc(F)cc2c1OCOC2. The van der Waals surface area contributed by atoms with E-state index in [2.05, 4.69) is 15.6 Å². The summed E-state index contributed by atoms with van der Waals surface area (Å²) >= 11 is 0. The lowest BCUT2D eigenvalue weighted by atomic mass is 10.1. The van der Waals surface area contributed by atoms with E-state index in [4.69, 9.17) is 14.2 Å². The molecule has 6 nitrogen and oxygen atoms in total. The van der Waals surface area contributed by atoms with Gasteiger partial charge in [0.2, 0.25) is 0 Å². The van der Waals surface area contributed by atoms with E-state index >= 15 is 0 Å². The fourth-order valence-electron chi connectivity index (χ4n) is 2.89. The highest BCUT2D eigenvalue weighted by atomic mass is 19.1. The first-order chi connectivity index (χ1) is 12.8. The number of nitrogens with one attached hydrogen (secondary N) is 2. The van der Waals surface area contributed by atoms with Crippen LogP contribution in [0.3, 0.4) is 0 Å². The van der Waals surface area contributed by atoms with Crippen LogP contribution in [0.5, 0.6) is 5.75 Å². The molecule has 1 saturated carbocycles. The van der Waals surface area contributed by atoms with Crippen molar-refractivity contribution in [3.63, 3.8) is 0 Å². The van der Waals surface area contributed by atoms with Crippen LogP contribution >= 0.6 is 0 Å². The minimum Gasteiger partial charge on any atom is -0.467 e. The number of rotatable bonds is 9. The molecular weight excluding hydrogens is 337 g/mol. The summed E-state index contributed by atoms with van der Waals surface area (Å²) in [6, 6.07) is 3.00. The number of fused-ring (bicyclic) bond motifs is 1. The fraction of sp³-hybridized carbons (Fsp3) is 0.632. The summed E-state index contributed by atoms with van der Waals surface area (Å²) in [5, 5.41) is 6.52. The Hall–Kier alpha value is -1.86. The summed E-state index contributed by atoms with van der Waals surface area (Å²) < 4.78 is 30.1. The smallest absolute Gasteiger partial charge is 0.190 e. The van der Waals surface area contributed by atoms with Gasteiger partial charge < -0.3 is 24.8 Å². The van der Waals surface area contributed by atoms with Gasteiger partial charge in [0, 0.05) is 38.9 Å². The largest absolute Gasteiger partial charge is 0.467 e. The first-order valence-electron chi connectivity index (χ1n) is 9.30. The van der Waals surface area contributed by atoms with Crippen molar-refractivity contribution in [2.45, 2.75) is 32.3 Å². The summed E-state index contributed by atoms with van der Waals surface area (Å²) in [7, 11) is 1.74. The Kier molecular flexibility index (Phi) is 7.08. The molecule has 1 aliphatic heterocycles. The van der Waals surface area contributed by atoms with Crippen molar-refractivity contribution in [2.24, 2.45) is 10.9 Å². The lowest BCUT2D eigenvalue weighted by Gasteiger charge is -2.21. The molecule has 3 rings (SSSR count). The van der Waals surface area contributed by atoms with E-state index in [1.54, 1.807) is 7.05 Å². The molecule has 1 fully saturated rings. The van der Waals surface area contributed by atoms with Gasteiger partial charge in [0.1, 0.15) is 11.6 Å². The third-order valence-electron chi connectivity index (χ3n) is 4.47. The van der Waals surface area contributed by atoms with Gasteiger partial charge in [-0.2, -0.15) is 0 Å². The van der Waals surface area contributed by atoms with Crippen molar-refractivity contribution in [2.75, 3.05) is 40.1 Å². The molecule has 1 aromatic carbocycles. The zero-order chi connectivity index (χ0) is 18.2. The highest BCUT2D eigenvalue weighted by Gasteiger charge is 2.20. The number of ether oxygens (including phenoxy) is 3. The second kappa shape index (κ2) is 9.73. The zero-order valence-electron chi connectivity index (χ0n) is 15.4. The van der Waals surface area contributed by atoms with Crippen LogP contribution in [0.15, 0.2) is 17.1 Å². The molecule has 0 spiro atoms. The molecule has 0 amide bonds. The van der Waals surface area contributed by atoms with Crippen LogP contribution < -0.4 is 15.4 Å². The number of benzene rings is 1. The standard InChI is InChI=1S/C19H28FN3O3/c1-21-19(22-6-2-8-24-11-14-3-4-14)23-7-5-15-9-17(20)10-16-12-25-13-26-18(15)16/h9-10,14H,2-8,11-13H2,1H3,(H2,21,22,23). The van der Waals surface area contributed by atoms with Crippen LogP contribution in [0.25, 0.3) is 0 Å². The molecule has 2 N–H and O–H groups in total. The van der Waals surface area contributed by atoms with Crippen molar-refractivity contribution in [3.8, 4) is 5.75 Å². The Morgan fingerprint density at radius 2 is 2.15 bits per heavy atom. The third kappa shape index (κ3) is 5.85. The van der Waals surface area contributed by atoms with Gasteiger partial charge in [-0.05, 0) is 49.3 Å². The molecule has 0 unspecified atom stereocenters. The molecular formula is C19H28FN3O3. The molecule has 0 atom stereocenters. The Morgan fingerprint density at radius 3 is 2.96 bits per heavy atom. The number of halogens is 1. The fourth-order valence-corrected chi connectivity index (χ4v) is 2.89. The van der Waals surface area contributed by atoms with E-state index in [1.807, 2.05) is 0 Å². The minimum atomic E-state index is -0.262. The van der Waals surface area contributed by atoms with Gasteiger partial charge in [0.05, 0.1) is 6.61 Å². The van der Waals surface area contributed by atoms with Gasteiger partial charge in [-0.1, -0.05) is 0 Å². The third-order valence-corrected chi connectivity index (χ3v) is 4.47. The Morgan fingerprint density at radius 1 is 1.31 bits per heavy atom. The van der Waals surface area contributed by atoms with Crippen molar-refractivity contribution < 1.29 is 18.6 Å². The van der Waals surface area contributed by atoms with Crippen LogP contribution in [0.4, 0.5) is 4.39 Å². The van der Waals surface area contributed by atoms with E-state index in [0.717, 1.165) is 54.9 Å². The maximum atomic E-state index is 13.7. The second-order valence-corrected chi connectivity index (χ2v) is 6.71. The normalized spacial score (nSPS) is 16.8. The van der Waals surface area contributed by atoms with Gasteiger partial charge >= 0.3 is 0 Å². The molecule has 2 aliphatic rings. The average molecular weight is 365 g/mol. The summed E-state index contributed by atoms with van der Waals surface area (Å²) in [4.78, 5) is 4.21. The highest BCUT2D eigenvalue weighted by Crippen LogP contribution is 2.29. The maximum Gasteiger partial charge on any atom is 0.190 e. The predicted molar refractivity (Wildman–Crippen MR) is 97.9 cm³/mol. The number of guanidine groups is 1. The van der Waals surface area contributed by atoms with E-state index in [0.29, 0.717) is 19.6 Å². The van der Waals surface area contributed by atoms with Crippen molar-refractivity contribution in [3.05, 3.63) is 29.1 Å². The van der Waals surface area contributed by atoms with Crippen LogP contribution in [-0.2, 0) is 22.5 Å². The summed E-state index contributed by atoms with van der Waals surface area (Å²) in [5.74, 6) is 2.03. The highest BCUT2D eigenvalue weighted by molar-refractivity contribution is 5.79. The Bertz CT molecular complexity index is 620. The molecule has 0 radical (unpaired) electrons. The first kappa shape index (κ1) is 18.9. The van der Waals surface area contributed by atoms with E-state index in [1.165, 1.54) is 25.0 Å². The summed E-state index contributed by atoms with van der Waals surface area (Å²) in [6.45, 7) is 3.72. The quantitative estimate of drug-likeness (QED) is 0.399. The zero-order valence-corrected chi connectivity index (χ0v) is 15.4. The minimum absolute atomic E-state index is 0.213. The van der Waals surface area contributed by atoms with E-state index in [9.17, 15) is 4.39 Å². The topological polar surface area (TPSA) is 64.1 Å². The molecule has 144 valence electrons. The van der Waals surface area contributed by atoms with E-state index in [-0.39, 0.29) is 12.6 Å². The Balaban J connectivity index is 1.36. The first-order valence-corrected chi connectivity index (χ1v) is 9.30. The molecule has 0 saturated heterocycles. The van der Waals surface area contributed by atoms with Gasteiger partial charge in [-0.3, -0.25) is 4.99 Å². The molecule has 0 bridgehead atoms. The van der Waals surface area contributed by atoms with Gasteiger partial charge in [0.15, 0.2) is 12.8 Å². The van der Waals surface area contributed by atoms with Crippen LogP contribution in [0, 0.1) is 11.7 Å². The van der Waals surface area contributed by atoms with Crippen LogP contribution in [-0.4, -0.2) is 46.1 Å². The van der Waals surface area contributed by atoms with Crippen molar-refractivity contribution in [1.82, 2.24) is 10.6 Å². The van der Waals surface area contributed by atoms with Gasteiger partial charge in [-0.25, -0.2) is 4.39 Å². The second-order valence-electron chi connectivity index (χ2n) is 6.71. The summed E-state index contributed by atoms with van der Waals surface area (Å²) in [5.41, 5.74) is 1.61. The molecule has 1 aliphatic carbocycles. The van der Waals surface area contributed by atoms with Gasteiger partial charge in [0.25, 0.3) is 0 Å². The van der Waals surface area contributed by atoms with Gasteiger partial charge in [-0.15, -0.1) is 0 Å². The number of nitrogens with zero attached hydrogens (tertiary/aromatic N) is 1. The van der Waals surface area contributed by atoms with E-state index < -0.39 is 0 Å². The van der Waals surface area contributed by atoms with Crippen molar-refractivity contribution in [1.29, 1.82) is 0 Å². The molecule has 7 heteroatoms. The lowest BCUT2D eigenvalue weighted by molar-refractivity contribution is -0.0172. The number of hydrogen-bond acceptors (Lipinski definition) is 4. The molecule has 1 aromatic rings. The molecule has 26 heavy (non-hydrogen) atoms. The Labute approximate surface area is 154 Å². The van der Waals surface area contributed by atoms with Crippen LogP contribution in [0.2, 0.25) is 0 Å². The monoisotopic (exact) mass is 365 g/mol.